The van der Waals surface area contributed by atoms with Gasteiger partial charge in [-0.25, -0.2) is 14.3 Å². The predicted octanol–water partition coefficient (Wildman–Crippen LogP) is 4.33. The van der Waals surface area contributed by atoms with Gasteiger partial charge >= 0.3 is 12.1 Å². The lowest BCUT2D eigenvalue weighted by molar-refractivity contribution is -0.143. The highest BCUT2D eigenvalue weighted by molar-refractivity contribution is 5.70. The van der Waals surface area contributed by atoms with Crippen molar-refractivity contribution in [2.75, 3.05) is 13.2 Å². The Balaban J connectivity index is 1.86. The van der Waals surface area contributed by atoms with Crippen LogP contribution in [0.1, 0.15) is 71.1 Å². The number of nitrogens with zero attached hydrogens (tertiary/aromatic N) is 2. The molecular formula is C18H30N2O4. The second-order valence-electron chi connectivity index (χ2n) is 5.88. The van der Waals surface area contributed by atoms with Gasteiger partial charge < -0.3 is 9.47 Å². The second-order valence-corrected chi connectivity index (χ2v) is 5.88. The Kier molecular flexibility index (Phi) is 11.4. The van der Waals surface area contributed by atoms with Crippen LogP contribution in [0.15, 0.2) is 18.7 Å². The Morgan fingerprint density at radius 2 is 1.58 bits per heavy atom. The summed E-state index contributed by atoms with van der Waals surface area (Å²) in [5.74, 6) is -0.126. The van der Waals surface area contributed by atoms with Crippen molar-refractivity contribution in [2.24, 2.45) is 0 Å². The molecule has 0 bridgehead atoms. The van der Waals surface area contributed by atoms with Gasteiger partial charge in [-0.05, 0) is 25.7 Å². The third kappa shape index (κ3) is 10.0. The number of esters is 1. The number of rotatable bonds is 13. The molecule has 0 spiro atoms. The van der Waals surface area contributed by atoms with E-state index in [-0.39, 0.29) is 5.97 Å². The molecule has 0 aliphatic carbocycles. The summed E-state index contributed by atoms with van der Waals surface area (Å²) < 4.78 is 11.6. The van der Waals surface area contributed by atoms with E-state index in [0.29, 0.717) is 19.6 Å². The summed E-state index contributed by atoms with van der Waals surface area (Å²) in [6.07, 6.45) is 14.0. The van der Waals surface area contributed by atoms with E-state index in [9.17, 15) is 9.59 Å². The number of carbonyl (C=O) groups is 2. The molecule has 0 amide bonds. The number of ether oxygens (including phenoxy) is 2. The van der Waals surface area contributed by atoms with E-state index in [1.807, 2.05) is 0 Å². The van der Waals surface area contributed by atoms with Gasteiger partial charge in [-0.1, -0.05) is 39.0 Å². The van der Waals surface area contributed by atoms with Crippen molar-refractivity contribution in [1.29, 1.82) is 0 Å². The van der Waals surface area contributed by atoms with Crippen LogP contribution in [0.5, 0.6) is 0 Å². The van der Waals surface area contributed by atoms with Gasteiger partial charge in [-0.15, -0.1) is 0 Å². The van der Waals surface area contributed by atoms with E-state index in [0.717, 1.165) is 32.1 Å². The van der Waals surface area contributed by atoms with Crippen molar-refractivity contribution >= 4 is 12.1 Å². The van der Waals surface area contributed by atoms with Crippen LogP contribution in [-0.4, -0.2) is 34.8 Å². The van der Waals surface area contributed by atoms with Crippen LogP contribution in [0.25, 0.3) is 0 Å². The van der Waals surface area contributed by atoms with Crippen molar-refractivity contribution < 1.29 is 19.1 Å². The Bertz CT molecular complexity index is 446. The third-order valence-electron chi connectivity index (χ3n) is 3.73. The van der Waals surface area contributed by atoms with Crippen molar-refractivity contribution in [3.63, 3.8) is 0 Å². The Morgan fingerprint density at radius 1 is 0.917 bits per heavy atom. The highest BCUT2D eigenvalue weighted by Crippen LogP contribution is 2.06. The minimum Gasteiger partial charge on any atom is -0.466 e. The maximum absolute atomic E-state index is 11.6. The van der Waals surface area contributed by atoms with Crippen LogP contribution < -0.4 is 0 Å². The van der Waals surface area contributed by atoms with Crippen LogP contribution in [0.2, 0.25) is 0 Å². The second kappa shape index (κ2) is 13.6. The molecule has 0 saturated carbocycles. The summed E-state index contributed by atoms with van der Waals surface area (Å²) in [5.41, 5.74) is 0. The van der Waals surface area contributed by atoms with Crippen LogP contribution in [-0.2, 0) is 14.3 Å². The monoisotopic (exact) mass is 338 g/mol. The lowest BCUT2D eigenvalue weighted by atomic mass is 10.1. The van der Waals surface area contributed by atoms with E-state index >= 15 is 0 Å². The van der Waals surface area contributed by atoms with Crippen molar-refractivity contribution in [2.45, 2.75) is 71.1 Å². The summed E-state index contributed by atoms with van der Waals surface area (Å²) in [7, 11) is 0. The Hall–Kier alpha value is -1.85. The molecule has 1 heterocycles. The highest BCUT2D eigenvalue weighted by Gasteiger charge is 2.05. The molecule has 6 nitrogen and oxygen atoms in total. The topological polar surface area (TPSA) is 70.4 Å². The van der Waals surface area contributed by atoms with Crippen LogP contribution in [0.3, 0.4) is 0 Å². The molecular weight excluding hydrogens is 308 g/mol. The number of carbonyl (C=O) groups excluding carboxylic acids is 2. The van der Waals surface area contributed by atoms with Crippen LogP contribution in [0.4, 0.5) is 4.79 Å². The fourth-order valence-electron chi connectivity index (χ4n) is 2.29. The molecule has 136 valence electrons. The quantitative estimate of drug-likeness (QED) is 0.395. The number of imidazole rings is 1. The molecule has 0 saturated heterocycles. The standard InChI is InChI=1S/C18H30N2O4/c1-2-3-4-5-6-9-14-23-17(21)11-8-7-10-15-24-18(22)20-13-12-19-16-20/h12-13,16H,2-11,14-15H2,1H3. The summed E-state index contributed by atoms with van der Waals surface area (Å²) in [5, 5.41) is 0. The largest absolute Gasteiger partial charge is 0.466 e. The SMILES string of the molecule is CCCCCCCCOC(=O)CCCCCOC(=O)n1ccnc1. The molecule has 0 N–H and O–H groups in total. The first-order chi connectivity index (χ1) is 11.7. The van der Waals surface area contributed by atoms with Gasteiger partial charge in [0.1, 0.15) is 6.33 Å². The maximum atomic E-state index is 11.6. The summed E-state index contributed by atoms with van der Waals surface area (Å²) >= 11 is 0. The maximum Gasteiger partial charge on any atom is 0.419 e. The minimum absolute atomic E-state index is 0.126. The summed E-state index contributed by atoms with van der Waals surface area (Å²) in [6, 6.07) is 0. The highest BCUT2D eigenvalue weighted by atomic mass is 16.5. The zero-order valence-corrected chi connectivity index (χ0v) is 14.7. The number of unbranched alkanes of at least 4 members (excludes halogenated alkanes) is 7. The van der Waals surface area contributed by atoms with Gasteiger partial charge in [-0.3, -0.25) is 4.79 Å². The van der Waals surface area contributed by atoms with Crippen molar-refractivity contribution in [1.82, 2.24) is 9.55 Å². The molecule has 1 aromatic rings. The molecule has 0 aliphatic rings. The molecule has 0 radical (unpaired) electrons. The number of aromatic nitrogens is 2. The third-order valence-corrected chi connectivity index (χ3v) is 3.73. The fourth-order valence-corrected chi connectivity index (χ4v) is 2.29. The van der Waals surface area contributed by atoms with E-state index in [1.54, 1.807) is 6.20 Å². The molecule has 0 unspecified atom stereocenters. The lowest BCUT2D eigenvalue weighted by Crippen LogP contribution is -2.12. The lowest BCUT2D eigenvalue weighted by Gasteiger charge is -2.06. The first-order valence-corrected chi connectivity index (χ1v) is 9.04. The minimum atomic E-state index is -0.425. The van der Waals surface area contributed by atoms with Gasteiger partial charge in [0.15, 0.2) is 0 Å². The Labute approximate surface area is 144 Å². The average Bonchev–Trinajstić information content (AvgIpc) is 3.11. The molecule has 24 heavy (non-hydrogen) atoms. The molecule has 0 aromatic carbocycles. The van der Waals surface area contributed by atoms with Crippen molar-refractivity contribution in [3.8, 4) is 0 Å². The first kappa shape index (κ1) is 20.2. The van der Waals surface area contributed by atoms with Gasteiger partial charge in [-0.2, -0.15) is 0 Å². The molecule has 0 fully saturated rings. The van der Waals surface area contributed by atoms with Gasteiger partial charge in [0, 0.05) is 18.8 Å². The predicted molar refractivity (Wildman–Crippen MR) is 91.8 cm³/mol. The molecule has 0 aliphatic heterocycles. The zero-order chi connectivity index (χ0) is 17.5. The van der Waals surface area contributed by atoms with Crippen molar-refractivity contribution in [3.05, 3.63) is 18.7 Å². The van der Waals surface area contributed by atoms with E-state index in [1.165, 1.54) is 42.8 Å². The van der Waals surface area contributed by atoms with Gasteiger partial charge in [0.05, 0.1) is 13.2 Å². The number of hydrogen-bond acceptors (Lipinski definition) is 5. The van der Waals surface area contributed by atoms with Crippen LogP contribution in [0, 0.1) is 0 Å². The van der Waals surface area contributed by atoms with Gasteiger partial charge in [0.25, 0.3) is 0 Å². The summed E-state index contributed by atoms with van der Waals surface area (Å²) in [6.45, 7) is 3.09. The van der Waals surface area contributed by atoms with Gasteiger partial charge in [0.2, 0.25) is 0 Å². The number of hydrogen-bond donors (Lipinski definition) is 0. The van der Waals surface area contributed by atoms with E-state index in [2.05, 4.69) is 11.9 Å². The summed E-state index contributed by atoms with van der Waals surface area (Å²) in [4.78, 5) is 26.8. The molecule has 6 heteroatoms. The zero-order valence-electron chi connectivity index (χ0n) is 14.7. The molecule has 1 aromatic heterocycles. The van der Waals surface area contributed by atoms with Crippen LogP contribution >= 0.6 is 0 Å². The average molecular weight is 338 g/mol. The van der Waals surface area contributed by atoms with E-state index in [4.69, 9.17) is 9.47 Å². The molecule has 0 atom stereocenters. The normalized spacial score (nSPS) is 10.5. The smallest absolute Gasteiger partial charge is 0.419 e. The fraction of sp³-hybridized carbons (Fsp3) is 0.722. The Morgan fingerprint density at radius 3 is 2.29 bits per heavy atom. The first-order valence-electron chi connectivity index (χ1n) is 9.04. The van der Waals surface area contributed by atoms with E-state index < -0.39 is 6.09 Å². The molecule has 1 rings (SSSR count).